The Bertz CT molecular complexity index is 1180. The smallest absolute Gasteiger partial charge is 0.225 e. The van der Waals surface area contributed by atoms with E-state index in [1.165, 1.54) is 36.9 Å². The van der Waals surface area contributed by atoms with Crippen molar-refractivity contribution in [3.8, 4) is 5.69 Å². The maximum atomic E-state index is 5.09. The van der Waals surface area contributed by atoms with Gasteiger partial charge >= 0.3 is 0 Å². The van der Waals surface area contributed by atoms with Crippen molar-refractivity contribution in [1.29, 1.82) is 0 Å². The first-order chi connectivity index (χ1) is 17.6. The lowest BCUT2D eigenvalue weighted by Crippen LogP contribution is -2.44. The molecule has 2 aromatic heterocycles. The molecule has 36 heavy (non-hydrogen) atoms. The lowest BCUT2D eigenvalue weighted by molar-refractivity contribution is 0.313. The van der Waals surface area contributed by atoms with Gasteiger partial charge in [-0.1, -0.05) is 31.9 Å². The molecular weight excluding hydrogens is 450 g/mol. The average Bonchev–Trinajstić information content (AvgIpc) is 3.61. The second-order valence-corrected chi connectivity index (χ2v) is 10.5. The molecule has 9 heteroatoms. The molecule has 0 spiro atoms. The van der Waals surface area contributed by atoms with Crippen molar-refractivity contribution in [3.05, 3.63) is 48.2 Å². The van der Waals surface area contributed by atoms with Gasteiger partial charge in [-0.3, -0.25) is 4.57 Å². The molecule has 0 bridgehead atoms. The van der Waals surface area contributed by atoms with Crippen LogP contribution >= 0.6 is 0 Å². The van der Waals surface area contributed by atoms with E-state index in [9.17, 15) is 0 Å². The van der Waals surface area contributed by atoms with Crippen LogP contribution in [-0.2, 0) is 0 Å². The third kappa shape index (κ3) is 4.19. The van der Waals surface area contributed by atoms with Crippen LogP contribution in [0.5, 0.6) is 0 Å². The number of piperazine rings is 1. The number of nitrogens with zero attached hydrogens (tertiary/aromatic N) is 8. The van der Waals surface area contributed by atoms with Gasteiger partial charge in [-0.2, -0.15) is 4.98 Å². The van der Waals surface area contributed by atoms with Gasteiger partial charge in [0.15, 0.2) is 11.6 Å². The van der Waals surface area contributed by atoms with Gasteiger partial charge in [0.2, 0.25) is 5.95 Å². The summed E-state index contributed by atoms with van der Waals surface area (Å²) >= 11 is 0. The normalized spacial score (nSPS) is 21.4. The number of nitrogens with one attached hydrogen (secondary N) is 1. The third-order valence-electron chi connectivity index (χ3n) is 8.17. The molecule has 2 unspecified atom stereocenters. The van der Waals surface area contributed by atoms with E-state index in [4.69, 9.17) is 9.97 Å². The SMILES string of the molecule is CCC1c2nncn2-c2cnc(NC(C)c3ccc(N4CCN(C)CC4)cc3)nc2N1C1CCCC1. The summed E-state index contributed by atoms with van der Waals surface area (Å²) in [5.74, 6) is 2.66. The van der Waals surface area contributed by atoms with Crippen molar-refractivity contribution < 1.29 is 0 Å². The Kier molecular flexibility index (Phi) is 6.25. The molecule has 1 saturated heterocycles. The second-order valence-electron chi connectivity index (χ2n) is 10.5. The van der Waals surface area contributed by atoms with Crippen LogP contribution in [0.15, 0.2) is 36.8 Å². The number of benzene rings is 1. The molecule has 0 amide bonds. The van der Waals surface area contributed by atoms with E-state index in [1.807, 2.05) is 6.20 Å². The van der Waals surface area contributed by atoms with Crippen LogP contribution in [0.25, 0.3) is 5.69 Å². The van der Waals surface area contributed by atoms with Crippen LogP contribution in [0.1, 0.15) is 69.4 Å². The molecule has 3 aromatic rings. The minimum Gasteiger partial charge on any atom is -0.369 e. The van der Waals surface area contributed by atoms with E-state index < -0.39 is 0 Å². The minimum absolute atomic E-state index is 0.0977. The molecule has 0 radical (unpaired) electrons. The van der Waals surface area contributed by atoms with Gasteiger partial charge in [-0.25, -0.2) is 4.98 Å². The van der Waals surface area contributed by atoms with Gasteiger partial charge in [0.05, 0.1) is 18.3 Å². The van der Waals surface area contributed by atoms with Crippen molar-refractivity contribution >= 4 is 17.5 Å². The number of fused-ring (bicyclic) bond motifs is 3. The molecule has 9 nitrogen and oxygen atoms in total. The number of rotatable bonds is 6. The highest BCUT2D eigenvalue weighted by Crippen LogP contribution is 2.42. The monoisotopic (exact) mass is 487 g/mol. The Morgan fingerprint density at radius 3 is 2.53 bits per heavy atom. The van der Waals surface area contributed by atoms with Crippen LogP contribution in [0.4, 0.5) is 17.5 Å². The van der Waals surface area contributed by atoms with Gasteiger partial charge in [0.1, 0.15) is 12.0 Å². The van der Waals surface area contributed by atoms with Crippen molar-refractivity contribution in [3.63, 3.8) is 0 Å². The molecule has 6 rings (SSSR count). The van der Waals surface area contributed by atoms with Gasteiger partial charge in [-0.05, 0) is 50.9 Å². The molecule has 1 N–H and O–H groups in total. The number of anilines is 3. The predicted octanol–water partition coefficient (Wildman–Crippen LogP) is 4.20. The van der Waals surface area contributed by atoms with E-state index in [0.29, 0.717) is 12.0 Å². The molecule has 2 atom stereocenters. The first-order valence-corrected chi connectivity index (χ1v) is 13.5. The number of likely N-dealkylation sites (N-methyl/N-ethyl adjacent to an activating group) is 1. The van der Waals surface area contributed by atoms with Gasteiger partial charge < -0.3 is 20.0 Å². The predicted molar refractivity (Wildman–Crippen MR) is 143 cm³/mol. The Morgan fingerprint density at radius 1 is 1.06 bits per heavy atom. The quantitative estimate of drug-likeness (QED) is 0.554. The van der Waals surface area contributed by atoms with Crippen LogP contribution in [0, 0.1) is 0 Å². The molecule has 3 aliphatic rings. The fourth-order valence-corrected chi connectivity index (χ4v) is 6.03. The topological polar surface area (TPSA) is 78.2 Å². The summed E-state index contributed by atoms with van der Waals surface area (Å²) in [6.45, 7) is 8.79. The summed E-state index contributed by atoms with van der Waals surface area (Å²) in [7, 11) is 2.19. The largest absolute Gasteiger partial charge is 0.369 e. The summed E-state index contributed by atoms with van der Waals surface area (Å²) in [4.78, 5) is 17.2. The maximum Gasteiger partial charge on any atom is 0.225 e. The lowest BCUT2D eigenvalue weighted by Gasteiger charge is -2.40. The average molecular weight is 488 g/mol. The van der Waals surface area contributed by atoms with E-state index >= 15 is 0 Å². The van der Waals surface area contributed by atoms with Crippen LogP contribution in [0.2, 0.25) is 0 Å². The highest BCUT2D eigenvalue weighted by molar-refractivity contribution is 5.63. The molecule has 1 aromatic carbocycles. The van der Waals surface area contributed by atoms with E-state index in [2.05, 4.69) is 79.9 Å². The Morgan fingerprint density at radius 2 is 1.81 bits per heavy atom. The molecule has 1 saturated carbocycles. The first kappa shape index (κ1) is 23.2. The van der Waals surface area contributed by atoms with Crippen LogP contribution in [0.3, 0.4) is 0 Å². The van der Waals surface area contributed by atoms with Crippen molar-refractivity contribution in [2.45, 2.75) is 64.1 Å². The van der Waals surface area contributed by atoms with Crippen molar-refractivity contribution in [2.24, 2.45) is 0 Å². The third-order valence-corrected chi connectivity index (χ3v) is 8.17. The Hall–Kier alpha value is -3.20. The maximum absolute atomic E-state index is 5.09. The lowest BCUT2D eigenvalue weighted by atomic mass is 10.0. The van der Waals surface area contributed by atoms with Gasteiger partial charge in [0.25, 0.3) is 0 Å². The number of hydrogen-bond acceptors (Lipinski definition) is 8. The molecular formula is C27H37N9. The molecule has 190 valence electrons. The number of aromatic nitrogens is 5. The fourth-order valence-electron chi connectivity index (χ4n) is 6.03. The number of hydrogen-bond donors (Lipinski definition) is 1. The zero-order valence-electron chi connectivity index (χ0n) is 21.6. The zero-order valence-corrected chi connectivity index (χ0v) is 21.6. The van der Waals surface area contributed by atoms with Crippen molar-refractivity contribution in [1.82, 2.24) is 29.6 Å². The second kappa shape index (κ2) is 9.69. The summed E-state index contributed by atoms with van der Waals surface area (Å²) in [6.07, 6.45) is 9.64. The summed E-state index contributed by atoms with van der Waals surface area (Å²) in [6, 6.07) is 9.71. The summed E-state index contributed by atoms with van der Waals surface area (Å²) < 4.78 is 2.07. The van der Waals surface area contributed by atoms with Gasteiger partial charge in [-0.15, -0.1) is 10.2 Å². The molecule has 4 heterocycles. The highest BCUT2D eigenvalue weighted by Gasteiger charge is 2.38. The highest BCUT2D eigenvalue weighted by atomic mass is 15.4. The molecule has 2 fully saturated rings. The fraction of sp³-hybridized carbons (Fsp3) is 0.556. The van der Waals surface area contributed by atoms with E-state index in [0.717, 1.165) is 49.9 Å². The summed E-state index contributed by atoms with van der Waals surface area (Å²) in [5, 5.41) is 12.3. The molecule has 1 aliphatic carbocycles. The summed E-state index contributed by atoms with van der Waals surface area (Å²) in [5.41, 5.74) is 3.50. The first-order valence-electron chi connectivity index (χ1n) is 13.5. The Labute approximate surface area is 213 Å². The molecule has 2 aliphatic heterocycles. The van der Waals surface area contributed by atoms with Crippen LogP contribution in [-0.4, -0.2) is 68.9 Å². The van der Waals surface area contributed by atoms with Crippen LogP contribution < -0.4 is 15.1 Å². The zero-order chi connectivity index (χ0) is 24.6. The van der Waals surface area contributed by atoms with Crippen molar-refractivity contribution in [2.75, 3.05) is 48.3 Å². The minimum atomic E-state index is 0.0977. The Balaban J connectivity index is 1.24. The van der Waals surface area contributed by atoms with E-state index in [1.54, 1.807) is 6.33 Å². The standard InChI is InChI=1S/C27H37N9/c1-4-23-26-32-29-18-35(26)24-17-28-27(31-25(24)36(23)22-7-5-6-8-22)30-19(2)20-9-11-21(12-10-20)34-15-13-33(3)14-16-34/h9-12,17-19,22-23H,4-8,13-16H2,1-3H3,(H,28,30,31). The van der Waals surface area contributed by atoms with Gasteiger partial charge in [0, 0.05) is 37.9 Å². The van der Waals surface area contributed by atoms with E-state index in [-0.39, 0.29) is 12.1 Å².